The third-order valence-electron chi connectivity index (χ3n) is 4.63. The average Bonchev–Trinajstić information content (AvgIpc) is 3.15. The molecule has 0 saturated carbocycles. The molecule has 148 valence electrons. The van der Waals surface area contributed by atoms with E-state index < -0.39 is 0 Å². The van der Waals surface area contributed by atoms with Gasteiger partial charge in [0.2, 0.25) is 0 Å². The first-order valence-corrected chi connectivity index (χ1v) is 10.0. The number of hydrogen-bond donors (Lipinski definition) is 2. The van der Waals surface area contributed by atoms with Crippen LogP contribution in [0.25, 0.3) is 5.65 Å². The number of aromatic nitrogens is 4. The maximum Gasteiger partial charge on any atom is 0.256 e. The van der Waals surface area contributed by atoms with Gasteiger partial charge in [0.05, 0.1) is 6.20 Å². The van der Waals surface area contributed by atoms with E-state index in [0.717, 1.165) is 18.4 Å². The second kappa shape index (κ2) is 10.4. The van der Waals surface area contributed by atoms with E-state index in [4.69, 9.17) is 0 Å². The molecule has 7 heteroatoms. The van der Waals surface area contributed by atoms with Gasteiger partial charge >= 0.3 is 0 Å². The van der Waals surface area contributed by atoms with Gasteiger partial charge in [-0.2, -0.15) is 5.10 Å². The monoisotopic (exact) mass is 380 g/mol. The smallest absolute Gasteiger partial charge is 0.256 e. The van der Waals surface area contributed by atoms with Gasteiger partial charge in [0, 0.05) is 31.7 Å². The van der Waals surface area contributed by atoms with Gasteiger partial charge in [0.1, 0.15) is 11.4 Å². The molecular weight excluding hydrogens is 352 g/mol. The Morgan fingerprint density at radius 2 is 1.96 bits per heavy atom. The molecule has 2 N–H and O–H groups in total. The van der Waals surface area contributed by atoms with Gasteiger partial charge in [-0.1, -0.05) is 45.1 Å². The molecule has 0 aromatic carbocycles. The number of nitrogens with zero attached hydrogens (tertiary/aromatic N) is 4. The minimum absolute atomic E-state index is 0.125. The zero-order chi connectivity index (χ0) is 19.6. The van der Waals surface area contributed by atoms with Crippen LogP contribution in [0.1, 0.15) is 61.4 Å². The van der Waals surface area contributed by atoms with E-state index in [1.165, 1.54) is 25.7 Å². The second-order valence-electron chi connectivity index (χ2n) is 6.88. The number of carbonyl (C=O) groups excluding carboxylic acids is 1. The predicted octanol–water partition coefficient (Wildman–Crippen LogP) is 3.83. The predicted molar refractivity (Wildman–Crippen MR) is 110 cm³/mol. The van der Waals surface area contributed by atoms with Crippen molar-refractivity contribution in [2.75, 3.05) is 11.9 Å². The standard InChI is InChI=1S/C21H28N6O/c1-2-3-4-5-6-7-12-23-21(28)18-16-25-27-13-10-19(26-20(18)27)24-15-17-9-8-11-22-14-17/h8-11,13-14,16H,2-7,12,15H2,1H3,(H,23,28)(H,24,26). The fourth-order valence-corrected chi connectivity index (χ4v) is 3.03. The van der Waals surface area contributed by atoms with Crippen LogP contribution >= 0.6 is 0 Å². The van der Waals surface area contributed by atoms with Gasteiger partial charge in [0.15, 0.2) is 5.65 Å². The van der Waals surface area contributed by atoms with E-state index in [1.807, 2.05) is 24.4 Å². The number of pyridine rings is 1. The summed E-state index contributed by atoms with van der Waals surface area (Å²) in [6.45, 7) is 3.51. The van der Waals surface area contributed by atoms with Crippen LogP contribution in [-0.2, 0) is 6.54 Å². The third kappa shape index (κ3) is 5.52. The number of nitrogens with one attached hydrogen (secondary N) is 2. The van der Waals surface area contributed by atoms with Crippen LogP contribution in [0.15, 0.2) is 43.0 Å². The lowest BCUT2D eigenvalue weighted by Gasteiger charge is -2.07. The van der Waals surface area contributed by atoms with Gasteiger partial charge in [-0.25, -0.2) is 9.50 Å². The number of carbonyl (C=O) groups is 1. The van der Waals surface area contributed by atoms with Crippen LogP contribution in [0.5, 0.6) is 0 Å². The topological polar surface area (TPSA) is 84.2 Å². The number of anilines is 1. The van der Waals surface area contributed by atoms with Gasteiger partial charge in [-0.05, 0) is 24.1 Å². The number of amides is 1. The molecule has 3 heterocycles. The summed E-state index contributed by atoms with van der Waals surface area (Å²) in [5, 5.41) is 10.5. The van der Waals surface area contributed by atoms with Gasteiger partial charge in [-0.15, -0.1) is 0 Å². The maximum absolute atomic E-state index is 12.5. The van der Waals surface area contributed by atoms with E-state index in [0.29, 0.717) is 30.1 Å². The lowest BCUT2D eigenvalue weighted by atomic mass is 10.1. The lowest BCUT2D eigenvalue weighted by molar-refractivity contribution is 0.0954. The zero-order valence-corrected chi connectivity index (χ0v) is 16.4. The van der Waals surface area contributed by atoms with Crippen molar-refractivity contribution in [2.45, 2.75) is 52.0 Å². The first-order valence-electron chi connectivity index (χ1n) is 10.0. The Labute approximate surface area is 165 Å². The number of hydrogen-bond acceptors (Lipinski definition) is 5. The van der Waals surface area contributed by atoms with Crippen molar-refractivity contribution in [3.05, 3.63) is 54.1 Å². The summed E-state index contributed by atoms with van der Waals surface area (Å²) in [4.78, 5) is 21.2. The fraction of sp³-hybridized carbons (Fsp3) is 0.429. The van der Waals surface area contributed by atoms with Crippen LogP contribution in [-0.4, -0.2) is 32.0 Å². The maximum atomic E-state index is 12.5. The van der Waals surface area contributed by atoms with Crippen molar-refractivity contribution in [3.8, 4) is 0 Å². The number of fused-ring (bicyclic) bond motifs is 1. The fourth-order valence-electron chi connectivity index (χ4n) is 3.03. The molecule has 1 amide bonds. The highest BCUT2D eigenvalue weighted by atomic mass is 16.1. The molecule has 28 heavy (non-hydrogen) atoms. The Morgan fingerprint density at radius 3 is 2.79 bits per heavy atom. The van der Waals surface area contributed by atoms with Crippen molar-refractivity contribution in [2.24, 2.45) is 0 Å². The van der Waals surface area contributed by atoms with E-state index in [9.17, 15) is 4.79 Å². The molecule has 3 aromatic heterocycles. The molecule has 0 radical (unpaired) electrons. The summed E-state index contributed by atoms with van der Waals surface area (Å²) < 4.78 is 1.62. The molecule has 0 aliphatic rings. The summed E-state index contributed by atoms with van der Waals surface area (Å²) in [6, 6.07) is 5.74. The lowest BCUT2D eigenvalue weighted by Crippen LogP contribution is -2.24. The van der Waals surface area contributed by atoms with E-state index in [-0.39, 0.29) is 5.91 Å². The highest BCUT2D eigenvalue weighted by molar-refractivity contribution is 5.99. The zero-order valence-electron chi connectivity index (χ0n) is 16.4. The summed E-state index contributed by atoms with van der Waals surface area (Å²) in [5.41, 5.74) is 2.11. The molecule has 0 aliphatic carbocycles. The first-order chi connectivity index (χ1) is 13.8. The summed E-state index contributed by atoms with van der Waals surface area (Å²) in [6.07, 6.45) is 14.1. The minimum atomic E-state index is -0.125. The largest absolute Gasteiger partial charge is 0.366 e. The molecular formula is C21H28N6O. The highest BCUT2D eigenvalue weighted by Crippen LogP contribution is 2.13. The Morgan fingerprint density at radius 1 is 1.11 bits per heavy atom. The van der Waals surface area contributed by atoms with Crippen molar-refractivity contribution >= 4 is 17.4 Å². The summed E-state index contributed by atoms with van der Waals surface area (Å²) in [7, 11) is 0. The highest BCUT2D eigenvalue weighted by Gasteiger charge is 2.14. The van der Waals surface area contributed by atoms with Crippen LogP contribution in [0.4, 0.5) is 5.82 Å². The van der Waals surface area contributed by atoms with Crippen LogP contribution < -0.4 is 10.6 Å². The number of unbranched alkanes of at least 4 members (excludes halogenated alkanes) is 5. The van der Waals surface area contributed by atoms with Crippen LogP contribution in [0.3, 0.4) is 0 Å². The molecule has 0 bridgehead atoms. The van der Waals surface area contributed by atoms with Crippen molar-refractivity contribution in [1.82, 2.24) is 24.9 Å². The van der Waals surface area contributed by atoms with E-state index in [2.05, 4.69) is 32.6 Å². The number of rotatable bonds is 11. The third-order valence-corrected chi connectivity index (χ3v) is 4.63. The van der Waals surface area contributed by atoms with E-state index in [1.54, 1.807) is 23.1 Å². The molecule has 0 fully saturated rings. The summed E-state index contributed by atoms with van der Waals surface area (Å²) in [5.74, 6) is 0.572. The normalized spacial score (nSPS) is 10.9. The van der Waals surface area contributed by atoms with E-state index >= 15 is 0 Å². The molecule has 0 unspecified atom stereocenters. The van der Waals surface area contributed by atoms with Crippen molar-refractivity contribution in [3.63, 3.8) is 0 Å². The molecule has 0 spiro atoms. The Balaban J connectivity index is 1.55. The molecule has 3 aromatic rings. The van der Waals surface area contributed by atoms with Crippen molar-refractivity contribution < 1.29 is 4.79 Å². The Kier molecular flexibility index (Phi) is 7.35. The second-order valence-corrected chi connectivity index (χ2v) is 6.88. The molecule has 0 aliphatic heterocycles. The average molecular weight is 380 g/mol. The minimum Gasteiger partial charge on any atom is -0.366 e. The van der Waals surface area contributed by atoms with Gasteiger partial charge in [0.25, 0.3) is 5.91 Å². The molecule has 3 rings (SSSR count). The summed E-state index contributed by atoms with van der Waals surface area (Å²) >= 11 is 0. The van der Waals surface area contributed by atoms with Crippen LogP contribution in [0.2, 0.25) is 0 Å². The van der Waals surface area contributed by atoms with Crippen molar-refractivity contribution in [1.29, 1.82) is 0 Å². The molecule has 0 atom stereocenters. The SMILES string of the molecule is CCCCCCCCNC(=O)c1cnn2ccc(NCc3cccnc3)nc12. The van der Waals surface area contributed by atoms with Gasteiger partial charge < -0.3 is 10.6 Å². The Hall–Kier alpha value is -2.96. The molecule has 7 nitrogen and oxygen atoms in total. The van der Waals surface area contributed by atoms with Crippen LogP contribution in [0, 0.1) is 0 Å². The van der Waals surface area contributed by atoms with Gasteiger partial charge in [-0.3, -0.25) is 9.78 Å². The quantitative estimate of drug-likeness (QED) is 0.494. The first kappa shape index (κ1) is 19.8. The Bertz CT molecular complexity index is 877. The molecule has 0 saturated heterocycles.